The van der Waals surface area contributed by atoms with Crippen molar-refractivity contribution in [2.45, 2.75) is 0 Å². The van der Waals surface area contributed by atoms with Crippen LogP contribution in [-0.4, -0.2) is 9.78 Å². The van der Waals surface area contributed by atoms with Crippen LogP contribution in [0.15, 0.2) is 16.6 Å². The molecule has 0 radical (unpaired) electrons. The molecule has 2 N–H and O–H groups in total. The zero-order valence-corrected chi connectivity index (χ0v) is 7.97. The van der Waals surface area contributed by atoms with Crippen molar-refractivity contribution in [1.82, 2.24) is 9.78 Å². The summed E-state index contributed by atoms with van der Waals surface area (Å²) in [5.74, 6) is -0.512. The van der Waals surface area contributed by atoms with Crippen LogP contribution in [0.1, 0.15) is 4.11 Å². The smallest absolute Gasteiger partial charge is 0.153 e. The summed E-state index contributed by atoms with van der Waals surface area (Å²) in [4.78, 5) is 0. The Kier molecular flexibility index (Phi) is 1.16. The zero-order chi connectivity index (χ0) is 12.1. The average molecular weight is 247 g/mol. The van der Waals surface area contributed by atoms with Gasteiger partial charge in [-0.25, -0.2) is 4.39 Å². The number of nitrogen functional groups attached to an aromatic ring is 1. The van der Waals surface area contributed by atoms with E-state index >= 15 is 0 Å². The van der Waals surface area contributed by atoms with Crippen LogP contribution in [0.4, 0.5) is 10.2 Å². The van der Waals surface area contributed by atoms with E-state index in [1.165, 1.54) is 6.07 Å². The van der Waals surface area contributed by atoms with Crippen LogP contribution in [0.5, 0.6) is 0 Å². The first-order valence-electron chi connectivity index (χ1n) is 4.94. The summed E-state index contributed by atoms with van der Waals surface area (Å²) in [5, 5.41) is 3.98. The molecule has 0 bridgehead atoms. The number of aryl methyl sites for hydroxylation is 1. The van der Waals surface area contributed by atoms with Crippen LogP contribution in [-0.2, 0) is 6.98 Å². The van der Waals surface area contributed by atoms with Crippen LogP contribution in [0, 0.1) is 5.82 Å². The molecular formula is C8H7BrFN3. The molecule has 5 heteroatoms. The normalized spacial score (nSPS) is 15.4. The molecule has 0 fully saturated rings. The van der Waals surface area contributed by atoms with Crippen LogP contribution >= 0.6 is 15.9 Å². The second kappa shape index (κ2) is 2.70. The van der Waals surface area contributed by atoms with Gasteiger partial charge in [-0.05, 0) is 28.1 Å². The lowest BCUT2D eigenvalue weighted by atomic mass is 10.2. The van der Waals surface area contributed by atoms with Crippen molar-refractivity contribution in [2.24, 2.45) is 6.98 Å². The van der Waals surface area contributed by atoms with E-state index in [1.807, 2.05) is 0 Å². The van der Waals surface area contributed by atoms with E-state index in [4.69, 9.17) is 9.85 Å². The van der Waals surface area contributed by atoms with Crippen LogP contribution in [0.2, 0.25) is 0 Å². The molecule has 0 spiro atoms. The number of benzene rings is 1. The maximum absolute atomic E-state index is 13.3. The molecule has 13 heavy (non-hydrogen) atoms. The van der Waals surface area contributed by atoms with Crippen molar-refractivity contribution < 1.29 is 8.50 Å². The molecule has 2 rings (SSSR count). The van der Waals surface area contributed by atoms with Crippen molar-refractivity contribution in [3.05, 3.63) is 22.4 Å². The van der Waals surface area contributed by atoms with Crippen LogP contribution in [0.25, 0.3) is 10.9 Å². The first-order chi connectivity index (χ1) is 7.30. The van der Waals surface area contributed by atoms with E-state index in [0.717, 1.165) is 10.7 Å². The Morgan fingerprint density at radius 2 is 2.46 bits per heavy atom. The first-order valence-corrected chi connectivity index (χ1v) is 4.24. The molecule has 0 aliphatic rings. The lowest BCUT2D eigenvalue weighted by molar-refractivity contribution is 0.623. The number of hydrogen-bond donors (Lipinski definition) is 1. The number of fused-ring (bicyclic) bond motifs is 1. The van der Waals surface area contributed by atoms with E-state index in [0.29, 0.717) is 0 Å². The zero-order valence-electron chi connectivity index (χ0n) is 9.38. The Morgan fingerprint density at radius 3 is 3.15 bits per heavy atom. The van der Waals surface area contributed by atoms with Gasteiger partial charge in [-0.2, -0.15) is 5.10 Å². The highest BCUT2D eigenvalue weighted by Gasteiger charge is 2.09. The third-order valence-corrected chi connectivity index (χ3v) is 2.36. The Balaban J connectivity index is 2.84. The van der Waals surface area contributed by atoms with Gasteiger partial charge in [0.15, 0.2) is 5.82 Å². The molecule has 3 nitrogen and oxygen atoms in total. The Morgan fingerprint density at radius 1 is 1.69 bits per heavy atom. The number of halogens is 2. The molecule has 1 aromatic heterocycles. The molecule has 0 saturated heterocycles. The lowest BCUT2D eigenvalue weighted by Gasteiger charge is -1.96. The van der Waals surface area contributed by atoms with Gasteiger partial charge in [-0.1, -0.05) is 0 Å². The van der Waals surface area contributed by atoms with Gasteiger partial charge < -0.3 is 5.73 Å². The maximum Gasteiger partial charge on any atom is 0.153 e. The number of hydrogen-bond acceptors (Lipinski definition) is 2. The van der Waals surface area contributed by atoms with Crippen molar-refractivity contribution in [1.29, 1.82) is 0 Å². The SMILES string of the molecule is [2H]C([2H])([2H])n1nc(N)c2cc(F)c(Br)cc21. The van der Waals surface area contributed by atoms with E-state index in [2.05, 4.69) is 21.0 Å². The van der Waals surface area contributed by atoms with Gasteiger partial charge in [0.05, 0.1) is 9.99 Å². The quantitative estimate of drug-likeness (QED) is 0.774. The predicted octanol–water partition coefficient (Wildman–Crippen LogP) is 2.06. The number of nitrogens with two attached hydrogens (primary N) is 1. The summed E-state index contributed by atoms with van der Waals surface area (Å²) in [6.45, 7) is -2.44. The first kappa shape index (κ1) is 5.59. The summed E-state index contributed by atoms with van der Waals surface area (Å²) in [5.41, 5.74) is 5.80. The van der Waals surface area contributed by atoms with Crippen molar-refractivity contribution in [2.75, 3.05) is 5.73 Å². The molecule has 0 aliphatic carbocycles. The van der Waals surface area contributed by atoms with Gasteiger partial charge in [0.25, 0.3) is 0 Å². The molecule has 0 saturated carbocycles. The number of nitrogens with zero attached hydrogens (tertiary/aromatic N) is 2. The fourth-order valence-corrected chi connectivity index (χ4v) is 1.46. The Labute approximate surface area is 86.7 Å². The molecule has 0 aliphatic heterocycles. The van der Waals surface area contributed by atoms with Gasteiger partial charge in [0, 0.05) is 16.5 Å². The van der Waals surface area contributed by atoms with Crippen LogP contribution in [0.3, 0.4) is 0 Å². The summed E-state index contributed by atoms with van der Waals surface area (Å²) >= 11 is 2.99. The minimum atomic E-state index is -2.44. The Hall–Kier alpha value is -1.10. The highest BCUT2D eigenvalue weighted by Crippen LogP contribution is 2.26. The van der Waals surface area contributed by atoms with Crippen molar-refractivity contribution in [3.63, 3.8) is 0 Å². The van der Waals surface area contributed by atoms with Crippen molar-refractivity contribution >= 4 is 32.7 Å². The monoisotopic (exact) mass is 246 g/mol. The maximum atomic E-state index is 13.3. The highest BCUT2D eigenvalue weighted by molar-refractivity contribution is 9.10. The molecule has 0 amide bonds. The van der Waals surface area contributed by atoms with Crippen LogP contribution < -0.4 is 5.73 Å². The summed E-state index contributed by atoms with van der Waals surface area (Å²) < 4.78 is 36.0. The molecule has 68 valence electrons. The highest BCUT2D eigenvalue weighted by atomic mass is 79.9. The fraction of sp³-hybridized carbons (Fsp3) is 0.125. The summed E-state index contributed by atoms with van der Waals surface area (Å²) in [6, 6.07) is 2.50. The van der Waals surface area contributed by atoms with Gasteiger partial charge in [-0.3, -0.25) is 4.68 Å². The lowest BCUT2D eigenvalue weighted by Crippen LogP contribution is -1.91. The van der Waals surface area contributed by atoms with E-state index in [-0.39, 0.29) is 21.2 Å². The number of aromatic nitrogens is 2. The van der Waals surface area contributed by atoms with Gasteiger partial charge in [0.1, 0.15) is 5.82 Å². The van der Waals surface area contributed by atoms with E-state index < -0.39 is 12.8 Å². The van der Waals surface area contributed by atoms with E-state index in [1.54, 1.807) is 0 Å². The molecule has 2 aromatic rings. The van der Waals surface area contributed by atoms with Gasteiger partial charge >= 0.3 is 0 Å². The molecule has 0 unspecified atom stereocenters. The van der Waals surface area contributed by atoms with Gasteiger partial charge in [0.2, 0.25) is 0 Å². The molecule has 1 heterocycles. The third-order valence-electron chi connectivity index (χ3n) is 1.75. The van der Waals surface area contributed by atoms with E-state index in [9.17, 15) is 4.39 Å². The minimum Gasteiger partial charge on any atom is -0.382 e. The molecular weight excluding hydrogens is 237 g/mol. The topological polar surface area (TPSA) is 43.8 Å². The fourth-order valence-electron chi connectivity index (χ4n) is 1.13. The predicted molar refractivity (Wildman–Crippen MR) is 52.8 cm³/mol. The second-order valence-corrected chi connectivity index (χ2v) is 3.43. The number of rotatable bonds is 0. The second-order valence-electron chi connectivity index (χ2n) is 2.58. The third kappa shape index (κ3) is 1.19. The van der Waals surface area contributed by atoms with Crippen molar-refractivity contribution in [3.8, 4) is 0 Å². The Bertz CT molecular complexity index is 564. The minimum absolute atomic E-state index is 0.00229. The average Bonchev–Trinajstić information content (AvgIpc) is 2.45. The standard InChI is InChI=1S/C8H7BrFN3/c1-13-7-3-5(9)6(10)2-4(7)8(11)12-13/h2-3H,1H3,(H2,11,12)/i1D3. The number of anilines is 1. The largest absolute Gasteiger partial charge is 0.382 e. The van der Waals surface area contributed by atoms with Gasteiger partial charge in [-0.15, -0.1) is 0 Å². The summed E-state index contributed by atoms with van der Waals surface area (Å²) in [6.07, 6.45) is 0. The summed E-state index contributed by atoms with van der Waals surface area (Å²) in [7, 11) is 0. The molecule has 0 atom stereocenters. The molecule has 1 aromatic carbocycles.